The van der Waals surface area contributed by atoms with Crippen LogP contribution in [0.3, 0.4) is 0 Å². The molecule has 0 aromatic heterocycles. The summed E-state index contributed by atoms with van der Waals surface area (Å²) in [5, 5.41) is 9.63. The Balaban J connectivity index is 2.20. The van der Waals surface area contributed by atoms with E-state index in [4.69, 9.17) is 11.5 Å². The number of hydrogen-bond acceptors (Lipinski definition) is 3. The SMILES string of the molecule is NC(=O)C(N)CCC1(O)CCC1. The first-order valence-corrected chi connectivity index (χ1v) is 4.31. The molecule has 0 aliphatic heterocycles. The van der Waals surface area contributed by atoms with Gasteiger partial charge in [-0.05, 0) is 32.1 Å². The second kappa shape index (κ2) is 3.41. The van der Waals surface area contributed by atoms with Gasteiger partial charge in [0, 0.05) is 0 Å². The van der Waals surface area contributed by atoms with E-state index < -0.39 is 17.6 Å². The standard InChI is InChI=1S/C8H16N2O2/c9-6(7(10)11)2-5-8(12)3-1-4-8/h6,12H,1-5,9H2,(H2,10,11). The van der Waals surface area contributed by atoms with Crippen molar-refractivity contribution in [2.24, 2.45) is 11.5 Å². The van der Waals surface area contributed by atoms with Gasteiger partial charge in [0.1, 0.15) is 0 Å². The van der Waals surface area contributed by atoms with E-state index in [1.165, 1.54) is 0 Å². The number of hydrogen-bond donors (Lipinski definition) is 3. The molecule has 0 aromatic rings. The fourth-order valence-corrected chi connectivity index (χ4v) is 1.40. The number of rotatable bonds is 4. The third-order valence-corrected chi connectivity index (χ3v) is 2.57. The minimum atomic E-state index is -0.602. The van der Waals surface area contributed by atoms with Gasteiger partial charge in [-0.15, -0.1) is 0 Å². The molecule has 1 fully saturated rings. The van der Waals surface area contributed by atoms with Gasteiger partial charge >= 0.3 is 0 Å². The van der Waals surface area contributed by atoms with E-state index >= 15 is 0 Å². The van der Waals surface area contributed by atoms with E-state index in [1.807, 2.05) is 0 Å². The van der Waals surface area contributed by atoms with Crippen molar-refractivity contribution in [3.8, 4) is 0 Å². The van der Waals surface area contributed by atoms with Gasteiger partial charge in [0.25, 0.3) is 0 Å². The van der Waals surface area contributed by atoms with Crippen LogP contribution in [0.4, 0.5) is 0 Å². The fraction of sp³-hybridized carbons (Fsp3) is 0.875. The summed E-state index contributed by atoms with van der Waals surface area (Å²) in [6, 6.07) is -0.602. The zero-order chi connectivity index (χ0) is 9.19. The van der Waals surface area contributed by atoms with Crippen LogP contribution in [-0.2, 0) is 4.79 Å². The van der Waals surface area contributed by atoms with Crippen LogP contribution in [0.2, 0.25) is 0 Å². The molecule has 1 aliphatic rings. The molecular formula is C8H16N2O2. The van der Waals surface area contributed by atoms with Crippen LogP contribution in [0.5, 0.6) is 0 Å². The number of primary amides is 1. The topological polar surface area (TPSA) is 89.3 Å². The highest BCUT2D eigenvalue weighted by molar-refractivity contribution is 5.79. The zero-order valence-corrected chi connectivity index (χ0v) is 7.12. The molecule has 70 valence electrons. The van der Waals surface area contributed by atoms with Crippen molar-refractivity contribution in [3.63, 3.8) is 0 Å². The van der Waals surface area contributed by atoms with Gasteiger partial charge < -0.3 is 16.6 Å². The van der Waals surface area contributed by atoms with E-state index in [1.54, 1.807) is 0 Å². The molecule has 1 unspecified atom stereocenters. The molecule has 12 heavy (non-hydrogen) atoms. The lowest BCUT2D eigenvalue weighted by molar-refractivity contribution is -0.119. The second-order valence-corrected chi connectivity index (χ2v) is 3.63. The Kier molecular flexibility index (Phi) is 2.69. The summed E-state index contributed by atoms with van der Waals surface area (Å²) >= 11 is 0. The lowest BCUT2D eigenvalue weighted by atomic mass is 9.76. The molecule has 0 heterocycles. The lowest BCUT2D eigenvalue weighted by Crippen LogP contribution is -2.42. The smallest absolute Gasteiger partial charge is 0.234 e. The van der Waals surface area contributed by atoms with Gasteiger partial charge in [-0.1, -0.05) is 0 Å². The minimum Gasteiger partial charge on any atom is -0.390 e. The van der Waals surface area contributed by atoms with Crippen LogP contribution in [0.1, 0.15) is 32.1 Å². The lowest BCUT2D eigenvalue weighted by Gasteiger charge is -2.37. The minimum absolute atomic E-state index is 0.488. The molecule has 0 bridgehead atoms. The molecule has 1 rings (SSSR count). The van der Waals surface area contributed by atoms with Crippen LogP contribution in [0, 0.1) is 0 Å². The summed E-state index contributed by atoms with van der Waals surface area (Å²) in [7, 11) is 0. The van der Waals surface area contributed by atoms with Gasteiger partial charge in [-0.25, -0.2) is 0 Å². The number of carbonyl (C=O) groups is 1. The van der Waals surface area contributed by atoms with Crippen LogP contribution < -0.4 is 11.5 Å². The van der Waals surface area contributed by atoms with Crippen molar-refractivity contribution in [2.45, 2.75) is 43.7 Å². The van der Waals surface area contributed by atoms with E-state index in [-0.39, 0.29) is 0 Å². The maximum atomic E-state index is 10.5. The Morgan fingerprint density at radius 1 is 1.58 bits per heavy atom. The number of nitrogens with two attached hydrogens (primary N) is 2. The summed E-state index contributed by atoms with van der Waals surface area (Å²) in [5.74, 6) is -0.488. The molecule has 1 saturated carbocycles. The Hall–Kier alpha value is -0.610. The van der Waals surface area contributed by atoms with Crippen molar-refractivity contribution in [2.75, 3.05) is 0 Å². The average molecular weight is 172 g/mol. The van der Waals surface area contributed by atoms with Gasteiger partial charge in [0.2, 0.25) is 5.91 Å². The number of amides is 1. The third-order valence-electron chi connectivity index (χ3n) is 2.57. The second-order valence-electron chi connectivity index (χ2n) is 3.63. The van der Waals surface area contributed by atoms with E-state index in [9.17, 15) is 9.90 Å². The normalized spacial score (nSPS) is 22.8. The Morgan fingerprint density at radius 3 is 2.50 bits per heavy atom. The van der Waals surface area contributed by atoms with Crippen molar-refractivity contribution in [3.05, 3.63) is 0 Å². The quantitative estimate of drug-likeness (QED) is 0.533. The molecule has 1 amide bonds. The highest BCUT2D eigenvalue weighted by atomic mass is 16.3. The molecule has 4 nitrogen and oxygen atoms in total. The van der Waals surface area contributed by atoms with Crippen LogP contribution in [0.15, 0.2) is 0 Å². The molecule has 0 saturated heterocycles. The Bertz CT molecular complexity index is 178. The van der Waals surface area contributed by atoms with Crippen LogP contribution in [0.25, 0.3) is 0 Å². The summed E-state index contributed by atoms with van der Waals surface area (Å²) in [5.41, 5.74) is 9.85. The molecule has 0 spiro atoms. The van der Waals surface area contributed by atoms with E-state index in [0.29, 0.717) is 12.8 Å². The monoisotopic (exact) mass is 172 g/mol. The van der Waals surface area contributed by atoms with Crippen molar-refractivity contribution in [1.29, 1.82) is 0 Å². The maximum Gasteiger partial charge on any atom is 0.234 e. The third kappa shape index (κ3) is 2.19. The zero-order valence-electron chi connectivity index (χ0n) is 7.12. The van der Waals surface area contributed by atoms with Gasteiger partial charge in [-0.2, -0.15) is 0 Å². The summed E-state index contributed by atoms with van der Waals surface area (Å²) in [6.07, 6.45) is 3.82. The fourth-order valence-electron chi connectivity index (χ4n) is 1.40. The average Bonchev–Trinajstić information content (AvgIpc) is 1.96. The maximum absolute atomic E-state index is 10.5. The molecular weight excluding hydrogens is 156 g/mol. The largest absolute Gasteiger partial charge is 0.390 e. The Labute approximate surface area is 71.9 Å². The molecule has 0 aromatic carbocycles. The van der Waals surface area contributed by atoms with Crippen molar-refractivity contribution in [1.82, 2.24) is 0 Å². The van der Waals surface area contributed by atoms with Crippen LogP contribution >= 0.6 is 0 Å². The highest BCUT2D eigenvalue weighted by Gasteiger charge is 2.34. The Morgan fingerprint density at radius 2 is 2.17 bits per heavy atom. The predicted molar refractivity (Wildman–Crippen MR) is 45.2 cm³/mol. The molecule has 4 heteroatoms. The van der Waals surface area contributed by atoms with Gasteiger partial charge in [0.05, 0.1) is 11.6 Å². The number of carbonyl (C=O) groups excluding carboxylic acids is 1. The van der Waals surface area contributed by atoms with E-state index in [0.717, 1.165) is 19.3 Å². The molecule has 1 aliphatic carbocycles. The predicted octanol–water partition coefficient (Wildman–Crippen LogP) is -0.506. The first-order chi connectivity index (χ1) is 5.53. The molecule has 1 atom stereocenters. The first-order valence-electron chi connectivity index (χ1n) is 4.31. The molecule has 0 radical (unpaired) electrons. The summed E-state index contributed by atoms with van der Waals surface area (Å²) < 4.78 is 0. The first kappa shape index (κ1) is 9.48. The van der Waals surface area contributed by atoms with Crippen molar-refractivity contribution >= 4 is 5.91 Å². The summed E-state index contributed by atoms with van der Waals surface area (Å²) in [6.45, 7) is 0. The number of aliphatic hydroxyl groups is 1. The van der Waals surface area contributed by atoms with E-state index in [2.05, 4.69) is 0 Å². The van der Waals surface area contributed by atoms with Gasteiger partial charge in [-0.3, -0.25) is 4.79 Å². The van der Waals surface area contributed by atoms with Crippen LogP contribution in [-0.4, -0.2) is 22.7 Å². The van der Waals surface area contributed by atoms with Gasteiger partial charge in [0.15, 0.2) is 0 Å². The summed E-state index contributed by atoms with van der Waals surface area (Å²) in [4.78, 5) is 10.5. The highest BCUT2D eigenvalue weighted by Crippen LogP contribution is 2.35. The van der Waals surface area contributed by atoms with Crippen molar-refractivity contribution < 1.29 is 9.90 Å². The molecule has 5 N–H and O–H groups in total.